The van der Waals surface area contributed by atoms with Gasteiger partial charge in [0.15, 0.2) is 11.5 Å². The normalized spacial score (nSPS) is 38.2. The summed E-state index contributed by atoms with van der Waals surface area (Å²) in [4.78, 5) is 12.0. The van der Waals surface area contributed by atoms with Crippen LogP contribution in [0.25, 0.3) is 0 Å². The Morgan fingerprint density at radius 2 is 1.81 bits per heavy atom. The van der Waals surface area contributed by atoms with E-state index in [4.69, 9.17) is 23.7 Å². The van der Waals surface area contributed by atoms with Gasteiger partial charge in [-0.05, 0) is 34.6 Å². The van der Waals surface area contributed by atoms with Crippen LogP contribution in [0.5, 0.6) is 0 Å². The van der Waals surface area contributed by atoms with Gasteiger partial charge in [-0.15, -0.1) is 0 Å². The van der Waals surface area contributed by atoms with Crippen LogP contribution in [0.4, 0.5) is 4.79 Å². The van der Waals surface area contributed by atoms with E-state index in [0.29, 0.717) is 0 Å². The summed E-state index contributed by atoms with van der Waals surface area (Å²) in [7, 11) is -2.94. The molecule has 26 heavy (non-hydrogen) atoms. The molecule has 4 heterocycles. The van der Waals surface area contributed by atoms with Crippen LogP contribution in [-0.4, -0.2) is 69.2 Å². The van der Waals surface area contributed by atoms with Gasteiger partial charge < -0.3 is 29.0 Å². The van der Waals surface area contributed by atoms with Gasteiger partial charge in [-0.25, -0.2) is 13.2 Å². The van der Waals surface area contributed by atoms with E-state index in [2.05, 4.69) is 10.0 Å². The molecule has 0 radical (unpaired) electrons. The number of alkyl carbamates (subject to hydrolysis) is 1. The van der Waals surface area contributed by atoms with E-state index in [1.165, 1.54) is 0 Å². The Hall–Kier alpha value is -0.980. The van der Waals surface area contributed by atoms with Crippen molar-refractivity contribution in [3.8, 4) is 0 Å². The number of carbonyl (C=O) groups is 1. The largest absolute Gasteiger partial charge is 0.444 e. The number of hydrogen-bond donors (Lipinski definition) is 3. The fraction of sp³-hybridized carbons (Fsp3) is 0.933. The molecule has 4 unspecified atom stereocenters. The second-order valence-electron chi connectivity index (χ2n) is 8.23. The second-order valence-corrected chi connectivity index (χ2v) is 8.97. The van der Waals surface area contributed by atoms with Crippen LogP contribution in [0.1, 0.15) is 34.6 Å². The molecule has 1 amide bonds. The number of ether oxygens (including phenoxy) is 5. The molecule has 0 spiro atoms. The topological polar surface area (TPSA) is 121 Å². The zero-order valence-corrected chi connectivity index (χ0v) is 16.4. The summed E-state index contributed by atoms with van der Waals surface area (Å²) in [6.45, 7) is 8.79. The fourth-order valence-electron chi connectivity index (χ4n) is 3.42. The molecule has 4 aliphatic rings. The highest BCUT2D eigenvalue weighted by atomic mass is 32.2. The first kappa shape index (κ1) is 19.8. The highest BCUT2D eigenvalue weighted by molar-refractivity contribution is 7.70. The first-order chi connectivity index (χ1) is 11.9. The zero-order chi connectivity index (χ0) is 19.4. The van der Waals surface area contributed by atoms with Crippen LogP contribution in [0, 0.1) is 0 Å². The minimum Gasteiger partial charge on any atom is -0.444 e. The van der Waals surface area contributed by atoms with Gasteiger partial charge in [-0.2, -0.15) is 4.72 Å². The molecule has 10 nitrogen and oxygen atoms in total. The van der Waals surface area contributed by atoms with Crippen molar-refractivity contribution in [1.29, 1.82) is 0 Å². The number of rotatable bonds is 4. The van der Waals surface area contributed by atoms with Gasteiger partial charge in [0.1, 0.15) is 23.4 Å². The van der Waals surface area contributed by atoms with Crippen LogP contribution < -0.4 is 10.0 Å². The lowest BCUT2D eigenvalue weighted by atomic mass is 9.82. The van der Waals surface area contributed by atoms with Gasteiger partial charge in [0.2, 0.25) is 10.9 Å². The first-order valence-electron chi connectivity index (χ1n) is 8.39. The van der Waals surface area contributed by atoms with Gasteiger partial charge in [0, 0.05) is 0 Å². The summed E-state index contributed by atoms with van der Waals surface area (Å²) >= 11 is 0. The maximum absolute atomic E-state index is 12.0. The van der Waals surface area contributed by atoms with Gasteiger partial charge in [0.25, 0.3) is 0 Å². The number of hydrogen-bond acceptors (Lipinski definition) is 8. The SMILES string of the molecule is CC(C)(C)OC(=O)NCC12COC(N[SH](=O)=O)(CO1)C1OC(C)(C)OC12. The quantitative estimate of drug-likeness (QED) is 0.553. The van der Waals surface area contributed by atoms with Crippen LogP contribution in [0.2, 0.25) is 0 Å². The first-order valence-corrected chi connectivity index (χ1v) is 9.57. The Bertz CT molecular complexity index is 641. The van der Waals surface area contributed by atoms with Gasteiger partial charge >= 0.3 is 6.09 Å². The molecule has 4 aliphatic heterocycles. The van der Waals surface area contributed by atoms with Gasteiger partial charge in [-0.1, -0.05) is 0 Å². The molecular weight excluding hydrogens is 368 g/mol. The van der Waals surface area contributed by atoms with Gasteiger partial charge in [0.05, 0.1) is 19.8 Å². The Labute approximate surface area is 153 Å². The van der Waals surface area contributed by atoms with Crippen LogP contribution in [-0.2, 0) is 34.6 Å². The highest BCUT2D eigenvalue weighted by Gasteiger charge is 2.69. The van der Waals surface area contributed by atoms with Crippen molar-refractivity contribution in [2.24, 2.45) is 0 Å². The van der Waals surface area contributed by atoms with E-state index in [1.807, 2.05) is 0 Å². The average Bonchev–Trinajstić information content (AvgIpc) is 2.82. The van der Waals surface area contributed by atoms with E-state index in [-0.39, 0.29) is 19.8 Å². The van der Waals surface area contributed by atoms with Crippen molar-refractivity contribution in [1.82, 2.24) is 10.0 Å². The molecule has 4 fully saturated rings. The Kier molecular flexibility index (Phi) is 4.78. The molecule has 0 saturated carbocycles. The molecule has 4 saturated heterocycles. The maximum atomic E-state index is 12.0. The average molecular weight is 394 g/mol. The Morgan fingerprint density at radius 1 is 1.15 bits per heavy atom. The van der Waals surface area contributed by atoms with Crippen molar-refractivity contribution in [2.45, 2.75) is 69.5 Å². The predicted molar refractivity (Wildman–Crippen MR) is 88.9 cm³/mol. The number of nitrogens with one attached hydrogen (secondary N) is 2. The molecule has 0 aromatic rings. The predicted octanol–water partition coefficient (Wildman–Crippen LogP) is -0.357. The summed E-state index contributed by atoms with van der Waals surface area (Å²) in [6, 6.07) is 0. The standard InChI is InChI=1S/C15H26N2O8S/c1-12(2,3)25-11(18)16-6-14-7-22-15(8-21-14,17-26(19)20)10-9(14)23-13(4,5)24-10/h9-10,26H,6-8H2,1-5H3,(H,16,18)(H,17,19,20). The summed E-state index contributed by atoms with van der Waals surface area (Å²) < 4.78 is 53.7. The number of amides is 1. The van der Waals surface area contributed by atoms with E-state index in [0.717, 1.165) is 0 Å². The van der Waals surface area contributed by atoms with Crippen molar-refractivity contribution < 1.29 is 36.9 Å². The molecule has 2 N–H and O–H groups in total. The smallest absolute Gasteiger partial charge is 0.407 e. The third-order valence-electron chi connectivity index (χ3n) is 4.43. The van der Waals surface area contributed by atoms with E-state index >= 15 is 0 Å². The Morgan fingerprint density at radius 3 is 2.35 bits per heavy atom. The molecule has 4 rings (SSSR count). The van der Waals surface area contributed by atoms with Crippen molar-refractivity contribution >= 4 is 17.0 Å². The summed E-state index contributed by atoms with van der Waals surface area (Å²) in [5.74, 6) is -0.949. The number of fused-ring (bicyclic) bond motifs is 2. The summed E-state index contributed by atoms with van der Waals surface area (Å²) in [6.07, 6.45) is -1.93. The third kappa shape index (κ3) is 3.69. The molecule has 2 bridgehead atoms. The molecule has 4 atom stereocenters. The van der Waals surface area contributed by atoms with E-state index < -0.39 is 51.9 Å². The monoisotopic (exact) mass is 394 g/mol. The lowest BCUT2D eigenvalue weighted by Gasteiger charge is -2.56. The van der Waals surface area contributed by atoms with Crippen LogP contribution in [0.15, 0.2) is 0 Å². The lowest BCUT2D eigenvalue weighted by molar-refractivity contribution is -0.332. The summed E-state index contributed by atoms with van der Waals surface area (Å²) in [5, 5.41) is 2.68. The molecule has 11 heteroatoms. The second kappa shape index (κ2) is 6.28. The van der Waals surface area contributed by atoms with E-state index in [9.17, 15) is 13.2 Å². The zero-order valence-electron chi connectivity index (χ0n) is 15.5. The van der Waals surface area contributed by atoms with Crippen LogP contribution in [0.3, 0.4) is 0 Å². The van der Waals surface area contributed by atoms with Gasteiger partial charge in [-0.3, -0.25) is 0 Å². The molecular formula is C15H26N2O8S. The summed E-state index contributed by atoms with van der Waals surface area (Å²) in [5.41, 5.74) is -2.98. The molecule has 0 aromatic heterocycles. The molecule has 150 valence electrons. The van der Waals surface area contributed by atoms with E-state index in [1.54, 1.807) is 34.6 Å². The third-order valence-corrected chi connectivity index (χ3v) is 5.00. The fourth-order valence-corrected chi connectivity index (χ4v) is 3.99. The molecule has 0 aromatic carbocycles. The number of thiol groups is 1. The molecule has 0 aliphatic carbocycles. The van der Waals surface area contributed by atoms with Crippen molar-refractivity contribution in [3.63, 3.8) is 0 Å². The maximum Gasteiger partial charge on any atom is 0.407 e. The van der Waals surface area contributed by atoms with Crippen molar-refractivity contribution in [2.75, 3.05) is 19.8 Å². The highest BCUT2D eigenvalue weighted by Crippen LogP contribution is 2.48. The van der Waals surface area contributed by atoms with Crippen LogP contribution >= 0.6 is 0 Å². The minimum atomic E-state index is -2.94. The number of carbonyl (C=O) groups excluding carboxylic acids is 1. The Balaban J connectivity index is 1.78. The minimum absolute atomic E-state index is 0.0274. The van der Waals surface area contributed by atoms with Crippen molar-refractivity contribution in [3.05, 3.63) is 0 Å². The lowest BCUT2D eigenvalue weighted by Crippen LogP contribution is -2.79.